The third-order valence-electron chi connectivity index (χ3n) is 6.46. The average molecular weight is 453 g/mol. The van der Waals surface area contributed by atoms with Gasteiger partial charge in [0.25, 0.3) is 0 Å². The molecule has 10 heteroatoms. The van der Waals surface area contributed by atoms with Gasteiger partial charge in [-0.1, -0.05) is 6.58 Å². The van der Waals surface area contributed by atoms with Gasteiger partial charge >= 0.3 is 0 Å². The van der Waals surface area contributed by atoms with Crippen molar-refractivity contribution in [1.29, 1.82) is 0 Å². The number of aryl methyl sites for hydroxylation is 2. The predicted octanol–water partition coefficient (Wildman–Crippen LogP) is 3.17. The Bertz CT molecular complexity index is 1520. The summed E-state index contributed by atoms with van der Waals surface area (Å²) in [5, 5.41) is 9.81. The average Bonchev–Trinajstić information content (AvgIpc) is 3.39. The van der Waals surface area contributed by atoms with Gasteiger partial charge in [-0.15, -0.1) is 0 Å². The van der Waals surface area contributed by atoms with Crippen molar-refractivity contribution >= 4 is 40.0 Å². The number of aliphatic imine (C=N–C) groups is 1. The van der Waals surface area contributed by atoms with Crippen LogP contribution in [0.4, 0.5) is 17.5 Å². The SMILES string of the molecule is C=C1N=CC(c2cc3cc(Nc4cc5n(n4)Cc4nccn4CC5)ncc3c(N)n2)=C(C)N1C. The zero-order chi connectivity index (χ0) is 23.4. The second kappa shape index (κ2) is 7.55. The molecule has 4 aromatic heterocycles. The Morgan fingerprint density at radius 1 is 1.15 bits per heavy atom. The maximum Gasteiger partial charge on any atom is 0.153 e. The number of nitrogens with zero attached hydrogens (tertiary/aromatic N) is 8. The molecular weight excluding hydrogens is 428 g/mol. The Kier molecular flexibility index (Phi) is 4.47. The molecule has 0 saturated heterocycles. The van der Waals surface area contributed by atoms with Gasteiger partial charge in [-0.2, -0.15) is 5.10 Å². The van der Waals surface area contributed by atoms with Crippen LogP contribution in [0.1, 0.15) is 24.1 Å². The standard InChI is InChI=1S/C24H24N10/c1-14-18(11-27-15(2)32(14)3)20-8-16-9-21(28-12-19(16)24(25)29-20)30-22-10-17-4-6-33-7-5-26-23(33)13-34(17)31-22/h5,7-12H,2,4,6,13H2,1,3H3,(H2,25,29)(H,28,30,31). The molecule has 4 aromatic rings. The molecule has 2 aliphatic rings. The van der Waals surface area contributed by atoms with E-state index in [0.717, 1.165) is 58.0 Å². The van der Waals surface area contributed by atoms with Gasteiger partial charge in [-0.3, -0.25) is 4.68 Å². The monoisotopic (exact) mass is 452 g/mol. The van der Waals surface area contributed by atoms with Crippen LogP contribution in [0.25, 0.3) is 16.3 Å². The lowest BCUT2D eigenvalue weighted by atomic mass is 10.1. The number of fused-ring (bicyclic) bond motifs is 3. The first kappa shape index (κ1) is 20.2. The molecule has 170 valence electrons. The van der Waals surface area contributed by atoms with Crippen molar-refractivity contribution in [2.24, 2.45) is 4.99 Å². The summed E-state index contributed by atoms with van der Waals surface area (Å²) in [6.07, 6.45) is 8.27. The van der Waals surface area contributed by atoms with Crippen LogP contribution in [0.5, 0.6) is 0 Å². The second-order valence-corrected chi connectivity index (χ2v) is 8.51. The minimum atomic E-state index is 0.427. The molecule has 10 nitrogen and oxygen atoms in total. The molecule has 0 radical (unpaired) electrons. The molecule has 0 saturated carbocycles. The molecule has 3 N–H and O–H groups in total. The number of rotatable bonds is 3. The zero-order valence-electron chi connectivity index (χ0n) is 19.0. The van der Waals surface area contributed by atoms with Crippen molar-refractivity contribution in [2.45, 2.75) is 26.4 Å². The third-order valence-corrected chi connectivity index (χ3v) is 6.46. The number of anilines is 3. The summed E-state index contributed by atoms with van der Waals surface area (Å²) in [6, 6.07) is 6.04. The zero-order valence-corrected chi connectivity index (χ0v) is 19.0. The molecule has 0 fully saturated rings. The summed E-state index contributed by atoms with van der Waals surface area (Å²) in [7, 11) is 1.93. The van der Waals surface area contributed by atoms with E-state index < -0.39 is 0 Å². The molecule has 0 bridgehead atoms. The highest BCUT2D eigenvalue weighted by atomic mass is 15.3. The number of imidazole rings is 1. The maximum absolute atomic E-state index is 6.29. The van der Waals surface area contributed by atoms with E-state index in [9.17, 15) is 0 Å². The van der Waals surface area contributed by atoms with Crippen molar-refractivity contribution in [3.8, 4) is 0 Å². The van der Waals surface area contributed by atoms with Crippen LogP contribution in [0.3, 0.4) is 0 Å². The number of nitrogens with two attached hydrogens (primary N) is 1. The summed E-state index contributed by atoms with van der Waals surface area (Å²) in [6.45, 7) is 7.51. The van der Waals surface area contributed by atoms with E-state index >= 15 is 0 Å². The number of hydrogen-bond acceptors (Lipinski definition) is 8. The number of allylic oxidation sites excluding steroid dienone is 2. The smallest absolute Gasteiger partial charge is 0.153 e. The Balaban J connectivity index is 1.33. The molecule has 34 heavy (non-hydrogen) atoms. The van der Waals surface area contributed by atoms with Gasteiger partial charge in [0.1, 0.15) is 23.3 Å². The van der Waals surface area contributed by atoms with Crippen LogP contribution in [0.15, 0.2) is 59.9 Å². The van der Waals surface area contributed by atoms with Crippen LogP contribution in [0.2, 0.25) is 0 Å². The van der Waals surface area contributed by atoms with Crippen molar-refractivity contribution in [3.05, 3.63) is 72.1 Å². The summed E-state index contributed by atoms with van der Waals surface area (Å²) >= 11 is 0. The number of aromatic nitrogens is 6. The highest BCUT2D eigenvalue weighted by molar-refractivity contribution is 6.12. The first-order valence-corrected chi connectivity index (χ1v) is 11.0. The lowest BCUT2D eigenvalue weighted by molar-refractivity contribution is 0.517. The minimum absolute atomic E-state index is 0.427. The Labute approximate surface area is 196 Å². The quantitative estimate of drug-likeness (QED) is 0.491. The fourth-order valence-electron chi connectivity index (χ4n) is 4.38. The van der Waals surface area contributed by atoms with Gasteiger partial charge in [0.05, 0.1) is 12.2 Å². The van der Waals surface area contributed by atoms with E-state index in [-0.39, 0.29) is 0 Å². The lowest BCUT2D eigenvalue weighted by Gasteiger charge is -2.25. The largest absolute Gasteiger partial charge is 0.383 e. The van der Waals surface area contributed by atoms with Crippen LogP contribution in [-0.2, 0) is 19.5 Å². The molecule has 0 aliphatic carbocycles. The molecule has 0 amide bonds. The van der Waals surface area contributed by atoms with Crippen LogP contribution >= 0.6 is 0 Å². The normalized spacial score (nSPS) is 15.5. The van der Waals surface area contributed by atoms with Gasteiger partial charge in [0, 0.05) is 73.2 Å². The van der Waals surface area contributed by atoms with Crippen molar-refractivity contribution in [1.82, 2.24) is 34.2 Å². The molecule has 0 unspecified atom stereocenters. The fourth-order valence-corrected chi connectivity index (χ4v) is 4.38. The minimum Gasteiger partial charge on any atom is -0.383 e. The van der Waals surface area contributed by atoms with E-state index in [2.05, 4.69) is 42.5 Å². The second-order valence-electron chi connectivity index (χ2n) is 8.51. The first-order chi connectivity index (χ1) is 16.5. The van der Waals surface area contributed by atoms with Gasteiger partial charge in [-0.05, 0) is 24.4 Å². The Morgan fingerprint density at radius 3 is 2.91 bits per heavy atom. The van der Waals surface area contributed by atoms with Crippen LogP contribution in [-0.4, -0.2) is 47.5 Å². The highest BCUT2D eigenvalue weighted by Gasteiger charge is 2.18. The van der Waals surface area contributed by atoms with Gasteiger partial charge in [0.2, 0.25) is 0 Å². The summed E-state index contributed by atoms with van der Waals surface area (Å²) < 4.78 is 4.17. The van der Waals surface area contributed by atoms with Crippen LogP contribution in [0, 0.1) is 0 Å². The van der Waals surface area contributed by atoms with Crippen LogP contribution < -0.4 is 11.1 Å². The number of pyridine rings is 2. The van der Waals surface area contributed by atoms with E-state index in [1.54, 1.807) is 12.4 Å². The van der Waals surface area contributed by atoms with Crippen molar-refractivity contribution in [3.63, 3.8) is 0 Å². The molecular formula is C24H24N10. The molecule has 0 aromatic carbocycles. The van der Waals surface area contributed by atoms with E-state index in [4.69, 9.17) is 10.8 Å². The summed E-state index contributed by atoms with van der Waals surface area (Å²) in [4.78, 5) is 19.9. The summed E-state index contributed by atoms with van der Waals surface area (Å²) in [5.74, 6) is 3.57. The lowest BCUT2D eigenvalue weighted by Crippen LogP contribution is -2.19. The third kappa shape index (κ3) is 3.31. The molecule has 6 heterocycles. The number of hydrogen-bond donors (Lipinski definition) is 2. The fraction of sp³-hybridized carbons (Fsp3) is 0.208. The Morgan fingerprint density at radius 2 is 2.03 bits per heavy atom. The topological polar surface area (TPSA) is 115 Å². The van der Waals surface area contributed by atoms with Gasteiger partial charge in [0.15, 0.2) is 5.82 Å². The molecule has 6 rings (SSSR count). The summed E-state index contributed by atoms with van der Waals surface area (Å²) in [5.41, 5.74) is 10.1. The van der Waals surface area contributed by atoms with Gasteiger partial charge in [-0.25, -0.2) is 19.9 Å². The van der Waals surface area contributed by atoms with E-state index in [0.29, 0.717) is 24.0 Å². The first-order valence-electron chi connectivity index (χ1n) is 11.0. The van der Waals surface area contributed by atoms with Gasteiger partial charge < -0.3 is 20.5 Å². The maximum atomic E-state index is 6.29. The molecule has 0 spiro atoms. The molecule has 2 aliphatic heterocycles. The highest BCUT2D eigenvalue weighted by Crippen LogP contribution is 2.30. The van der Waals surface area contributed by atoms with E-state index in [1.165, 1.54) is 0 Å². The predicted molar refractivity (Wildman–Crippen MR) is 132 cm³/mol. The molecule has 0 atom stereocenters. The van der Waals surface area contributed by atoms with Crippen molar-refractivity contribution in [2.75, 3.05) is 18.1 Å². The van der Waals surface area contributed by atoms with Crippen molar-refractivity contribution < 1.29 is 0 Å². The number of nitrogen functional groups attached to an aromatic ring is 1. The number of nitrogens with one attached hydrogen (secondary N) is 1. The van der Waals surface area contributed by atoms with E-state index in [1.807, 2.05) is 48.1 Å². The Hall–Kier alpha value is -4.47.